The van der Waals surface area contributed by atoms with E-state index in [1.165, 1.54) is 16.2 Å². The van der Waals surface area contributed by atoms with Gasteiger partial charge in [0.25, 0.3) is 0 Å². The second-order valence-corrected chi connectivity index (χ2v) is 5.68. The van der Waals surface area contributed by atoms with E-state index in [0.29, 0.717) is 6.61 Å². The number of thiophene rings is 1. The second kappa shape index (κ2) is 6.57. The lowest BCUT2D eigenvalue weighted by Gasteiger charge is -2.11. The summed E-state index contributed by atoms with van der Waals surface area (Å²) in [5, 5.41) is 0. The molecule has 0 aliphatic heterocycles. The van der Waals surface area contributed by atoms with Gasteiger partial charge in [-0.05, 0) is 37.1 Å². The molecule has 1 heterocycles. The highest BCUT2D eigenvalue weighted by Crippen LogP contribution is 2.30. The zero-order valence-corrected chi connectivity index (χ0v) is 12.8. The van der Waals surface area contributed by atoms with Crippen molar-refractivity contribution < 1.29 is 14.3 Å². The molecular formula is C16H18O3S. The maximum atomic E-state index is 10.8. The van der Waals surface area contributed by atoms with E-state index in [0.717, 1.165) is 40.2 Å². The van der Waals surface area contributed by atoms with Crippen LogP contribution < -0.4 is 9.47 Å². The third-order valence-corrected chi connectivity index (χ3v) is 4.30. The van der Waals surface area contributed by atoms with Gasteiger partial charge in [0.05, 0.1) is 12.0 Å². The number of hydrogen-bond donors (Lipinski definition) is 0. The Balaban J connectivity index is 2.16. The Morgan fingerprint density at radius 2 is 2.05 bits per heavy atom. The molecule has 0 aliphatic carbocycles. The van der Waals surface area contributed by atoms with Crippen LogP contribution >= 0.6 is 11.3 Å². The van der Waals surface area contributed by atoms with Crippen LogP contribution in [-0.4, -0.2) is 13.4 Å². The van der Waals surface area contributed by atoms with Gasteiger partial charge in [-0.1, -0.05) is 13.0 Å². The maximum Gasteiger partial charge on any atom is 0.161 e. The zero-order valence-electron chi connectivity index (χ0n) is 11.9. The molecule has 0 atom stereocenters. The first-order chi connectivity index (χ1) is 9.67. The molecule has 0 N–H and O–H groups in total. The molecule has 0 aliphatic rings. The lowest BCUT2D eigenvalue weighted by Crippen LogP contribution is -1.98. The van der Waals surface area contributed by atoms with Crippen LogP contribution in [0.1, 0.15) is 32.6 Å². The van der Waals surface area contributed by atoms with Crippen molar-refractivity contribution in [1.82, 2.24) is 0 Å². The van der Waals surface area contributed by atoms with E-state index in [9.17, 15) is 4.79 Å². The maximum absolute atomic E-state index is 10.8. The zero-order chi connectivity index (χ0) is 14.5. The van der Waals surface area contributed by atoms with Crippen molar-refractivity contribution in [1.29, 1.82) is 0 Å². The van der Waals surface area contributed by atoms with Gasteiger partial charge >= 0.3 is 0 Å². The number of benzene rings is 1. The van der Waals surface area contributed by atoms with Gasteiger partial charge in [-0.2, -0.15) is 0 Å². The number of methoxy groups -OCH3 is 1. The highest BCUT2D eigenvalue weighted by molar-refractivity contribution is 7.13. The number of aryl methyl sites for hydroxylation is 2. The van der Waals surface area contributed by atoms with Crippen molar-refractivity contribution in [3.63, 3.8) is 0 Å². The minimum atomic E-state index is 0.451. The summed E-state index contributed by atoms with van der Waals surface area (Å²) in [7, 11) is 1.63. The monoisotopic (exact) mass is 290 g/mol. The Kier molecular flexibility index (Phi) is 4.79. The van der Waals surface area contributed by atoms with Crippen molar-refractivity contribution in [2.24, 2.45) is 0 Å². The molecule has 0 radical (unpaired) electrons. The summed E-state index contributed by atoms with van der Waals surface area (Å²) in [5.74, 6) is 1.45. The first-order valence-electron chi connectivity index (χ1n) is 6.52. The summed E-state index contributed by atoms with van der Waals surface area (Å²) >= 11 is 1.53. The number of hydrogen-bond acceptors (Lipinski definition) is 4. The Bertz CT molecular complexity index is 602. The molecule has 3 nitrogen and oxygen atoms in total. The van der Waals surface area contributed by atoms with Crippen LogP contribution in [0.3, 0.4) is 0 Å². The van der Waals surface area contributed by atoms with E-state index in [1.807, 2.05) is 31.2 Å². The molecule has 20 heavy (non-hydrogen) atoms. The van der Waals surface area contributed by atoms with Crippen molar-refractivity contribution in [3.05, 3.63) is 45.1 Å². The summed E-state index contributed by atoms with van der Waals surface area (Å²) in [6.45, 7) is 4.54. The van der Waals surface area contributed by atoms with Gasteiger partial charge in [-0.3, -0.25) is 4.79 Å². The predicted molar refractivity (Wildman–Crippen MR) is 81.1 cm³/mol. The molecule has 0 fully saturated rings. The molecule has 0 saturated carbocycles. The quantitative estimate of drug-likeness (QED) is 0.754. The van der Waals surface area contributed by atoms with E-state index in [4.69, 9.17) is 9.47 Å². The van der Waals surface area contributed by atoms with Gasteiger partial charge in [0, 0.05) is 10.4 Å². The second-order valence-electron chi connectivity index (χ2n) is 4.51. The lowest BCUT2D eigenvalue weighted by atomic mass is 10.2. The van der Waals surface area contributed by atoms with E-state index >= 15 is 0 Å². The van der Waals surface area contributed by atoms with Crippen LogP contribution in [0.2, 0.25) is 0 Å². The van der Waals surface area contributed by atoms with E-state index < -0.39 is 0 Å². The molecular weight excluding hydrogens is 272 g/mol. The number of carbonyl (C=O) groups excluding carboxylic acids is 1. The topological polar surface area (TPSA) is 35.5 Å². The average Bonchev–Trinajstić information content (AvgIpc) is 2.88. The van der Waals surface area contributed by atoms with Crippen molar-refractivity contribution >= 4 is 17.6 Å². The summed E-state index contributed by atoms with van der Waals surface area (Å²) in [4.78, 5) is 12.8. The standard InChI is InChI=1S/C16H18O3S/c1-4-16-12(8-13(9-17)20-16)10-19-14-6-5-11(2)7-15(14)18-3/h5-9H,4,10H2,1-3H3. The minimum Gasteiger partial charge on any atom is -0.493 e. The smallest absolute Gasteiger partial charge is 0.161 e. The normalized spacial score (nSPS) is 10.3. The first kappa shape index (κ1) is 14.6. The van der Waals surface area contributed by atoms with Crippen LogP contribution in [0.25, 0.3) is 0 Å². The lowest BCUT2D eigenvalue weighted by molar-refractivity contribution is 0.112. The van der Waals surface area contributed by atoms with Crippen LogP contribution in [0.15, 0.2) is 24.3 Å². The number of aldehydes is 1. The number of rotatable bonds is 6. The fourth-order valence-corrected chi connectivity index (χ4v) is 2.95. The Morgan fingerprint density at radius 3 is 2.70 bits per heavy atom. The predicted octanol–water partition coefficient (Wildman–Crippen LogP) is 4.02. The molecule has 0 amide bonds. The van der Waals surface area contributed by atoms with E-state index in [-0.39, 0.29) is 0 Å². The molecule has 0 spiro atoms. The van der Waals surface area contributed by atoms with Crippen molar-refractivity contribution in [3.8, 4) is 11.5 Å². The molecule has 2 aromatic rings. The van der Waals surface area contributed by atoms with Gasteiger partial charge in [0.15, 0.2) is 17.8 Å². The third kappa shape index (κ3) is 3.20. The fraction of sp³-hybridized carbons (Fsp3) is 0.312. The van der Waals surface area contributed by atoms with Crippen LogP contribution in [0, 0.1) is 6.92 Å². The van der Waals surface area contributed by atoms with Gasteiger partial charge in [-0.15, -0.1) is 11.3 Å². The molecule has 1 aromatic heterocycles. The summed E-state index contributed by atoms with van der Waals surface area (Å²) in [5.41, 5.74) is 2.20. The summed E-state index contributed by atoms with van der Waals surface area (Å²) in [6.07, 6.45) is 1.79. The molecule has 4 heteroatoms. The molecule has 0 bridgehead atoms. The summed E-state index contributed by atoms with van der Waals surface area (Å²) in [6, 6.07) is 7.74. The Labute approximate surface area is 123 Å². The highest BCUT2D eigenvalue weighted by atomic mass is 32.1. The van der Waals surface area contributed by atoms with Gasteiger partial charge in [0.2, 0.25) is 0 Å². The van der Waals surface area contributed by atoms with E-state index in [1.54, 1.807) is 7.11 Å². The highest BCUT2D eigenvalue weighted by Gasteiger charge is 2.10. The van der Waals surface area contributed by atoms with E-state index in [2.05, 4.69) is 6.92 Å². The fourth-order valence-electron chi connectivity index (χ4n) is 2.02. The van der Waals surface area contributed by atoms with Crippen LogP contribution in [-0.2, 0) is 13.0 Å². The molecule has 1 aromatic carbocycles. The van der Waals surface area contributed by atoms with Gasteiger partial charge < -0.3 is 9.47 Å². The van der Waals surface area contributed by atoms with Crippen molar-refractivity contribution in [2.75, 3.05) is 7.11 Å². The average molecular weight is 290 g/mol. The molecule has 2 rings (SSSR count). The Morgan fingerprint density at radius 1 is 1.25 bits per heavy atom. The summed E-state index contributed by atoms with van der Waals surface area (Å²) < 4.78 is 11.2. The van der Waals surface area contributed by atoms with Crippen molar-refractivity contribution in [2.45, 2.75) is 26.9 Å². The molecule has 106 valence electrons. The van der Waals surface area contributed by atoms with Crippen LogP contribution in [0.4, 0.5) is 0 Å². The van der Waals surface area contributed by atoms with Gasteiger partial charge in [0.1, 0.15) is 6.61 Å². The minimum absolute atomic E-state index is 0.451. The van der Waals surface area contributed by atoms with Gasteiger partial charge in [-0.25, -0.2) is 0 Å². The molecule has 0 saturated heterocycles. The number of carbonyl (C=O) groups is 1. The third-order valence-electron chi connectivity index (χ3n) is 3.06. The largest absolute Gasteiger partial charge is 0.493 e. The molecule has 0 unspecified atom stereocenters. The van der Waals surface area contributed by atoms with Crippen LogP contribution in [0.5, 0.6) is 11.5 Å². The first-order valence-corrected chi connectivity index (χ1v) is 7.33. The SMILES string of the molecule is CCc1sc(C=O)cc1COc1ccc(C)cc1OC. The Hall–Kier alpha value is -1.81. The number of ether oxygens (including phenoxy) is 2.